The predicted octanol–water partition coefficient (Wildman–Crippen LogP) is 6.67. The van der Waals surface area contributed by atoms with Crippen molar-refractivity contribution in [3.05, 3.63) is 109 Å². The maximum atomic E-state index is 4.90. The number of rotatable bonds is 2. The van der Waals surface area contributed by atoms with Gasteiger partial charge in [0.15, 0.2) is 0 Å². The van der Waals surface area contributed by atoms with E-state index in [1.165, 1.54) is 16.3 Å². The molecule has 0 aliphatic carbocycles. The first-order valence-electron chi connectivity index (χ1n) is 10.7. The molecule has 0 fully saturated rings. The minimum absolute atomic E-state index is 0.897. The molecule has 0 bridgehead atoms. The number of hydrogen-bond acceptors (Lipinski definition) is 2. The van der Waals surface area contributed by atoms with Crippen molar-refractivity contribution in [2.75, 3.05) is 0 Å². The lowest BCUT2D eigenvalue weighted by Gasteiger charge is -2.12. The van der Waals surface area contributed by atoms with Gasteiger partial charge in [0.1, 0.15) is 11.0 Å². The molecule has 4 heteroatoms. The maximum absolute atomic E-state index is 4.90. The van der Waals surface area contributed by atoms with Crippen molar-refractivity contribution in [3.63, 3.8) is 0 Å². The van der Waals surface area contributed by atoms with E-state index in [4.69, 9.17) is 10.2 Å². The van der Waals surface area contributed by atoms with Gasteiger partial charge in [0.25, 0.3) is 0 Å². The lowest BCUT2D eigenvalue weighted by molar-refractivity contribution is 0.771. The molecule has 0 saturated carbocycles. The lowest BCUT2D eigenvalue weighted by Crippen LogP contribution is -2.02. The van der Waals surface area contributed by atoms with Gasteiger partial charge in [0.05, 0.1) is 16.9 Å². The Kier molecular flexibility index (Phi) is 3.52. The minimum atomic E-state index is 0.897. The molecule has 0 unspecified atom stereocenters. The third-order valence-corrected chi connectivity index (χ3v) is 6.23. The molecule has 0 aliphatic rings. The number of fused-ring (bicyclic) bond motifs is 5. The molecular weight excluding hydrogens is 392 g/mol. The Morgan fingerprint density at radius 1 is 0.500 bits per heavy atom. The predicted molar refractivity (Wildman–Crippen MR) is 131 cm³/mol. The van der Waals surface area contributed by atoms with Crippen molar-refractivity contribution in [1.82, 2.24) is 19.6 Å². The fourth-order valence-corrected chi connectivity index (χ4v) is 4.70. The van der Waals surface area contributed by atoms with Gasteiger partial charge in [0.2, 0.25) is 0 Å². The van der Waals surface area contributed by atoms with Crippen LogP contribution in [0.2, 0.25) is 0 Å². The average Bonchev–Trinajstić information content (AvgIpc) is 3.48. The van der Waals surface area contributed by atoms with E-state index in [0.717, 1.165) is 38.6 Å². The van der Waals surface area contributed by atoms with E-state index < -0.39 is 0 Å². The highest BCUT2D eigenvalue weighted by atomic mass is 15.5. The molecule has 2 heterocycles. The molecule has 0 aliphatic heterocycles. The summed E-state index contributed by atoms with van der Waals surface area (Å²) in [5.41, 5.74) is 5.13. The smallest absolute Gasteiger partial charge is 0.121 e. The first-order valence-corrected chi connectivity index (χ1v) is 10.7. The van der Waals surface area contributed by atoms with E-state index in [9.17, 15) is 0 Å². The van der Waals surface area contributed by atoms with Gasteiger partial charge in [0, 0.05) is 22.4 Å². The van der Waals surface area contributed by atoms with Crippen LogP contribution in [0.4, 0.5) is 0 Å². The highest BCUT2D eigenvalue weighted by Gasteiger charge is 2.14. The second-order valence-electron chi connectivity index (χ2n) is 8.04. The van der Waals surface area contributed by atoms with Crippen LogP contribution in [0.1, 0.15) is 0 Å². The van der Waals surface area contributed by atoms with Crippen molar-refractivity contribution < 1.29 is 0 Å². The molecule has 0 N–H and O–H groups in total. The number of benzene rings is 5. The Morgan fingerprint density at radius 3 is 2.06 bits per heavy atom. The number of aromatic nitrogens is 4. The second kappa shape index (κ2) is 6.53. The highest BCUT2D eigenvalue weighted by molar-refractivity contribution is 6.04. The summed E-state index contributed by atoms with van der Waals surface area (Å²) < 4.78 is 2.25. The van der Waals surface area contributed by atoms with Gasteiger partial charge in [-0.05, 0) is 41.1 Å². The number of para-hydroxylation sites is 1. The molecule has 7 aromatic rings. The molecule has 0 amide bonds. The third kappa shape index (κ3) is 2.44. The van der Waals surface area contributed by atoms with Crippen LogP contribution in [0, 0.1) is 0 Å². The Balaban J connectivity index is 1.49. The van der Waals surface area contributed by atoms with Crippen LogP contribution in [0.25, 0.3) is 54.9 Å². The molecule has 0 saturated heterocycles. The summed E-state index contributed by atoms with van der Waals surface area (Å²) >= 11 is 0. The van der Waals surface area contributed by atoms with E-state index in [0.29, 0.717) is 0 Å². The van der Waals surface area contributed by atoms with E-state index >= 15 is 0 Å². The van der Waals surface area contributed by atoms with Crippen molar-refractivity contribution in [2.45, 2.75) is 0 Å². The number of hydrogen-bond donors (Lipinski definition) is 0. The monoisotopic (exact) mass is 410 g/mol. The first kappa shape index (κ1) is 17.3. The third-order valence-electron chi connectivity index (χ3n) is 6.23. The van der Waals surface area contributed by atoms with E-state index in [1.54, 1.807) is 4.80 Å². The summed E-state index contributed by atoms with van der Waals surface area (Å²) in [6, 6.07) is 35.8. The van der Waals surface area contributed by atoms with Gasteiger partial charge < -0.3 is 4.57 Å². The SMILES string of the molecule is c1ccc2c(c1)ccc1nn(-c3ccc(-n4ccc5ccccc54)c4ccccc34)nc12. The second-order valence-corrected chi connectivity index (χ2v) is 8.04. The maximum Gasteiger partial charge on any atom is 0.121 e. The van der Waals surface area contributed by atoms with Gasteiger partial charge in [-0.1, -0.05) is 72.8 Å². The Morgan fingerprint density at radius 2 is 1.19 bits per heavy atom. The zero-order valence-electron chi connectivity index (χ0n) is 17.2. The molecule has 4 nitrogen and oxygen atoms in total. The van der Waals surface area contributed by atoms with Crippen molar-refractivity contribution in [1.29, 1.82) is 0 Å². The minimum Gasteiger partial charge on any atom is -0.316 e. The van der Waals surface area contributed by atoms with Gasteiger partial charge in [-0.25, -0.2) is 0 Å². The van der Waals surface area contributed by atoms with E-state index in [-0.39, 0.29) is 0 Å². The quantitative estimate of drug-likeness (QED) is 0.319. The largest absolute Gasteiger partial charge is 0.316 e. The van der Waals surface area contributed by atoms with Gasteiger partial charge in [-0.3, -0.25) is 0 Å². The van der Waals surface area contributed by atoms with Crippen LogP contribution in [0.5, 0.6) is 0 Å². The van der Waals surface area contributed by atoms with E-state index in [2.05, 4.69) is 102 Å². The summed E-state index contributed by atoms with van der Waals surface area (Å²) in [4.78, 5) is 1.77. The molecule has 5 aromatic carbocycles. The molecule has 150 valence electrons. The normalized spacial score (nSPS) is 11.8. The van der Waals surface area contributed by atoms with Crippen molar-refractivity contribution in [2.24, 2.45) is 0 Å². The summed E-state index contributed by atoms with van der Waals surface area (Å²) in [6.07, 6.45) is 2.14. The van der Waals surface area contributed by atoms with Gasteiger partial charge in [-0.15, -0.1) is 15.0 Å². The summed E-state index contributed by atoms with van der Waals surface area (Å²) in [7, 11) is 0. The fraction of sp³-hybridized carbons (Fsp3) is 0. The molecule has 7 rings (SSSR count). The zero-order chi connectivity index (χ0) is 21.1. The standard InChI is InChI=1S/C28H18N4/c1-3-9-21-19(7-1)13-14-24-28(21)30-32(29-24)27-16-15-26(22-10-4-5-11-23(22)27)31-18-17-20-8-2-6-12-25(20)31/h1-18H. The average molecular weight is 410 g/mol. The van der Waals surface area contributed by atoms with Crippen molar-refractivity contribution in [3.8, 4) is 11.4 Å². The lowest BCUT2D eigenvalue weighted by atomic mass is 10.1. The molecule has 0 spiro atoms. The summed E-state index contributed by atoms with van der Waals surface area (Å²) in [5.74, 6) is 0. The Labute approximate surface area is 183 Å². The topological polar surface area (TPSA) is 35.6 Å². The van der Waals surface area contributed by atoms with Crippen LogP contribution in [0.3, 0.4) is 0 Å². The van der Waals surface area contributed by atoms with Crippen LogP contribution in [0.15, 0.2) is 109 Å². The number of nitrogens with zero attached hydrogens (tertiary/aromatic N) is 4. The summed E-state index contributed by atoms with van der Waals surface area (Å²) in [6.45, 7) is 0. The molecular formula is C28H18N4. The molecule has 32 heavy (non-hydrogen) atoms. The summed E-state index contributed by atoms with van der Waals surface area (Å²) in [5, 5.41) is 15.5. The van der Waals surface area contributed by atoms with Crippen LogP contribution >= 0.6 is 0 Å². The van der Waals surface area contributed by atoms with Crippen LogP contribution in [-0.2, 0) is 0 Å². The van der Waals surface area contributed by atoms with Crippen LogP contribution in [-0.4, -0.2) is 19.6 Å². The molecule has 2 aromatic heterocycles. The van der Waals surface area contributed by atoms with Crippen LogP contribution < -0.4 is 0 Å². The zero-order valence-corrected chi connectivity index (χ0v) is 17.2. The first-order chi connectivity index (χ1) is 15.9. The van der Waals surface area contributed by atoms with Crippen molar-refractivity contribution >= 4 is 43.5 Å². The van der Waals surface area contributed by atoms with Gasteiger partial charge in [-0.2, -0.15) is 0 Å². The fourth-order valence-electron chi connectivity index (χ4n) is 4.70. The van der Waals surface area contributed by atoms with Gasteiger partial charge >= 0.3 is 0 Å². The molecule has 0 atom stereocenters. The molecule has 0 radical (unpaired) electrons. The van der Waals surface area contributed by atoms with E-state index in [1.807, 2.05) is 12.1 Å². The highest BCUT2D eigenvalue weighted by Crippen LogP contribution is 2.31. The Hall–Kier alpha value is -4.44. The Bertz CT molecular complexity index is 1790.